The number of hydrogen-bond donors (Lipinski definition) is 1. The normalized spacial score (nSPS) is 20.8. The number of pyridine rings is 1. The Morgan fingerprint density at radius 3 is 2.61 bits per heavy atom. The van der Waals surface area contributed by atoms with Gasteiger partial charge >= 0.3 is 0 Å². The number of rotatable bonds is 1. The minimum Gasteiger partial charge on any atom is -0.332 e. The van der Waals surface area contributed by atoms with E-state index in [4.69, 9.17) is 5.73 Å². The molecule has 2 heterocycles. The highest BCUT2D eigenvalue weighted by Gasteiger charge is 2.39. The predicted molar refractivity (Wildman–Crippen MR) is 76.4 cm³/mol. The Bertz CT molecular complexity index is 398. The first-order valence-electron chi connectivity index (χ1n) is 5.48. The fourth-order valence-electron chi connectivity index (χ4n) is 2.30. The lowest BCUT2D eigenvalue weighted by molar-refractivity contribution is 0.0650. The van der Waals surface area contributed by atoms with Crippen LogP contribution >= 0.6 is 24.8 Å². The summed E-state index contributed by atoms with van der Waals surface area (Å²) >= 11 is 0. The van der Waals surface area contributed by atoms with E-state index in [2.05, 4.69) is 4.98 Å². The molecule has 4 nitrogen and oxygen atoms in total. The van der Waals surface area contributed by atoms with Gasteiger partial charge in [0.05, 0.1) is 5.56 Å². The molecule has 102 valence electrons. The Balaban J connectivity index is 0.00000144. The first kappa shape index (κ1) is 17.2. The van der Waals surface area contributed by atoms with Crippen LogP contribution in [0.1, 0.15) is 30.6 Å². The lowest BCUT2D eigenvalue weighted by Crippen LogP contribution is -2.42. The van der Waals surface area contributed by atoms with E-state index in [1.165, 1.54) is 0 Å². The molecule has 1 amide bonds. The van der Waals surface area contributed by atoms with Gasteiger partial charge in [0.2, 0.25) is 0 Å². The molecule has 0 radical (unpaired) electrons. The molecule has 0 bridgehead atoms. The van der Waals surface area contributed by atoms with Crippen LogP contribution in [0.4, 0.5) is 0 Å². The molecule has 2 rings (SSSR count). The van der Waals surface area contributed by atoms with Crippen LogP contribution in [0.25, 0.3) is 0 Å². The van der Waals surface area contributed by atoms with Gasteiger partial charge in [-0.3, -0.25) is 9.78 Å². The van der Waals surface area contributed by atoms with Crippen molar-refractivity contribution in [3.05, 3.63) is 30.1 Å². The van der Waals surface area contributed by atoms with Crippen molar-refractivity contribution >= 4 is 30.7 Å². The highest BCUT2D eigenvalue weighted by molar-refractivity contribution is 5.94. The third-order valence-corrected chi connectivity index (χ3v) is 3.06. The number of nitrogens with two attached hydrogens (primary N) is 1. The zero-order valence-corrected chi connectivity index (χ0v) is 12.1. The molecule has 2 N–H and O–H groups in total. The summed E-state index contributed by atoms with van der Waals surface area (Å²) in [4.78, 5) is 18.0. The number of carbonyl (C=O) groups excluding carboxylic acids is 1. The van der Waals surface area contributed by atoms with Crippen molar-refractivity contribution in [2.75, 3.05) is 6.54 Å². The zero-order chi connectivity index (χ0) is 11.8. The van der Waals surface area contributed by atoms with Crippen LogP contribution in [-0.2, 0) is 0 Å². The molecule has 1 unspecified atom stereocenters. The fraction of sp³-hybridized carbons (Fsp3) is 0.500. The average molecular weight is 292 g/mol. The number of halogens is 2. The van der Waals surface area contributed by atoms with E-state index in [0.29, 0.717) is 12.1 Å². The summed E-state index contributed by atoms with van der Waals surface area (Å²) in [7, 11) is 0. The third-order valence-electron chi connectivity index (χ3n) is 3.06. The molecule has 0 spiro atoms. The van der Waals surface area contributed by atoms with Gasteiger partial charge in [-0.2, -0.15) is 0 Å². The summed E-state index contributed by atoms with van der Waals surface area (Å²) in [5.74, 6) is 0.0195. The van der Waals surface area contributed by atoms with Gasteiger partial charge < -0.3 is 10.6 Å². The van der Waals surface area contributed by atoms with E-state index in [1.807, 2.05) is 18.7 Å². The first-order valence-corrected chi connectivity index (χ1v) is 5.48. The lowest BCUT2D eigenvalue weighted by Gasteiger charge is -2.31. The number of likely N-dealkylation sites (tertiary alicyclic amines) is 1. The molecule has 0 aliphatic carbocycles. The van der Waals surface area contributed by atoms with Gasteiger partial charge in [-0.1, -0.05) is 0 Å². The predicted octanol–water partition coefficient (Wildman–Crippen LogP) is 1.88. The highest BCUT2D eigenvalue weighted by Crippen LogP contribution is 2.28. The number of carbonyl (C=O) groups is 1. The molecule has 1 atom stereocenters. The Labute approximate surface area is 120 Å². The Kier molecular flexibility index (Phi) is 6.07. The summed E-state index contributed by atoms with van der Waals surface area (Å²) in [5.41, 5.74) is 6.38. The molecule has 1 saturated heterocycles. The van der Waals surface area contributed by atoms with Crippen LogP contribution in [0.2, 0.25) is 0 Å². The van der Waals surface area contributed by atoms with Crippen molar-refractivity contribution in [1.82, 2.24) is 9.88 Å². The van der Waals surface area contributed by atoms with Crippen molar-refractivity contribution in [1.29, 1.82) is 0 Å². The van der Waals surface area contributed by atoms with Crippen LogP contribution in [0.15, 0.2) is 24.5 Å². The second-order valence-electron chi connectivity index (χ2n) is 4.93. The topological polar surface area (TPSA) is 59.2 Å². The van der Waals surface area contributed by atoms with Gasteiger partial charge in [0.25, 0.3) is 5.91 Å². The summed E-state index contributed by atoms with van der Waals surface area (Å²) in [6, 6.07) is 3.64. The number of hydrogen-bond acceptors (Lipinski definition) is 3. The molecule has 1 aliphatic rings. The maximum absolute atomic E-state index is 12.2. The summed E-state index contributed by atoms with van der Waals surface area (Å²) < 4.78 is 0. The van der Waals surface area contributed by atoms with Crippen LogP contribution in [0.5, 0.6) is 0 Å². The first-order chi connectivity index (χ1) is 7.50. The maximum atomic E-state index is 12.2. The van der Waals surface area contributed by atoms with Crippen molar-refractivity contribution in [3.8, 4) is 0 Å². The molecule has 1 aromatic rings. The zero-order valence-electron chi connectivity index (χ0n) is 10.5. The SMILES string of the molecule is CC1(C)CC(N)CN1C(=O)c1cccnc1.Cl.Cl. The van der Waals surface area contributed by atoms with E-state index < -0.39 is 0 Å². The second-order valence-corrected chi connectivity index (χ2v) is 4.93. The van der Waals surface area contributed by atoms with Gasteiger partial charge in [0.15, 0.2) is 0 Å². The Morgan fingerprint density at radius 1 is 1.50 bits per heavy atom. The molecule has 6 heteroatoms. The van der Waals surface area contributed by atoms with Crippen LogP contribution < -0.4 is 5.73 Å². The summed E-state index contributed by atoms with van der Waals surface area (Å²) in [5, 5.41) is 0. The van der Waals surface area contributed by atoms with Gasteiger partial charge in [-0.15, -0.1) is 24.8 Å². The van der Waals surface area contributed by atoms with Crippen LogP contribution in [-0.4, -0.2) is 33.9 Å². The number of amides is 1. The minimum atomic E-state index is -0.160. The average Bonchev–Trinajstić information content (AvgIpc) is 2.52. The lowest BCUT2D eigenvalue weighted by atomic mass is 10.00. The van der Waals surface area contributed by atoms with Gasteiger partial charge in [0, 0.05) is 30.5 Å². The maximum Gasteiger partial charge on any atom is 0.255 e. The smallest absolute Gasteiger partial charge is 0.255 e. The number of nitrogens with zero attached hydrogens (tertiary/aromatic N) is 2. The molecule has 1 aromatic heterocycles. The van der Waals surface area contributed by atoms with Crippen LogP contribution in [0, 0.1) is 0 Å². The largest absolute Gasteiger partial charge is 0.332 e. The fourth-order valence-corrected chi connectivity index (χ4v) is 2.30. The van der Waals surface area contributed by atoms with Crippen molar-refractivity contribution in [3.63, 3.8) is 0 Å². The quantitative estimate of drug-likeness (QED) is 0.859. The highest BCUT2D eigenvalue weighted by atomic mass is 35.5. The molecule has 0 aromatic carbocycles. The molecule has 18 heavy (non-hydrogen) atoms. The summed E-state index contributed by atoms with van der Waals surface area (Å²) in [6.45, 7) is 4.73. The summed E-state index contributed by atoms with van der Waals surface area (Å²) in [6.07, 6.45) is 4.11. The van der Waals surface area contributed by atoms with E-state index in [-0.39, 0.29) is 42.3 Å². The molecule has 0 saturated carbocycles. The van der Waals surface area contributed by atoms with Crippen molar-refractivity contribution in [2.24, 2.45) is 5.73 Å². The molecular weight excluding hydrogens is 273 g/mol. The standard InChI is InChI=1S/C12H17N3O.2ClH/c1-12(2)6-10(13)8-15(12)11(16)9-4-3-5-14-7-9;;/h3-5,7,10H,6,8,13H2,1-2H3;2*1H. The minimum absolute atomic E-state index is 0. The van der Waals surface area contributed by atoms with E-state index in [0.717, 1.165) is 6.42 Å². The van der Waals surface area contributed by atoms with E-state index in [1.54, 1.807) is 24.5 Å². The van der Waals surface area contributed by atoms with E-state index in [9.17, 15) is 4.79 Å². The molecule has 1 aliphatic heterocycles. The molecular formula is C12H19Cl2N3O. The second kappa shape index (κ2) is 6.36. The number of aromatic nitrogens is 1. The Hall–Kier alpha value is -0.840. The monoisotopic (exact) mass is 291 g/mol. The van der Waals surface area contributed by atoms with Crippen molar-refractivity contribution < 1.29 is 4.79 Å². The van der Waals surface area contributed by atoms with Crippen molar-refractivity contribution in [2.45, 2.75) is 31.8 Å². The van der Waals surface area contributed by atoms with Gasteiger partial charge in [-0.25, -0.2) is 0 Å². The van der Waals surface area contributed by atoms with Gasteiger partial charge in [0.1, 0.15) is 0 Å². The van der Waals surface area contributed by atoms with Crippen LogP contribution in [0.3, 0.4) is 0 Å². The third kappa shape index (κ3) is 3.34. The van der Waals surface area contributed by atoms with E-state index >= 15 is 0 Å². The van der Waals surface area contributed by atoms with Gasteiger partial charge in [-0.05, 0) is 32.4 Å². The Morgan fingerprint density at radius 2 is 2.17 bits per heavy atom. The molecule has 1 fully saturated rings.